The van der Waals surface area contributed by atoms with Gasteiger partial charge in [0.15, 0.2) is 0 Å². The zero-order valence-corrected chi connectivity index (χ0v) is 16.2. The molecule has 2 atom stereocenters. The van der Waals surface area contributed by atoms with Gasteiger partial charge in [0.2, 0.25) is 0 Å². The summed E-state index contributed by atoms with van der Waals surface area (Å²) in [6, 6.07) is 0.104. The largest absolute Gasteiger partial charge is 0.391 e. The van der Waals surface area contributed by atoms with Gasteiger partial charge in [-0.1, -0.05) is 90.4 Å². The number of hydrogen-bond donors (Lipinski definition) is 2. The highest BCUT2D eigenvalue weighted by Gasteiger charge is 2.18. The van der Waals surface area contributed by atoms with Gasteiger partial charge in [-0.05, 0) is 20.5 Å². The molecule has 0 aromatic rings. The molecule has 23 heavy (non-hydrogen) atoms. The number of aliphatic hydroxyl groups is 1. The molecular formula is C20H44N2O. The van der Waals surface area contributed by atoms with Crippen molar-refractivity contribution in [1.82, 2.24) is 4.90 Å². The first-order valence-corrected chi connectivity index (χ1v) is 10.2. The highest BCUT2D eigenvalue weighted by Crippen LogP contribution is 2.14. The van der Waals surface area contributed by atoms with E-state index in [0.717, 1.165) is 12.8 Å². The second-order valence-corrected chi connectivity index (χ2v) is 7.37. The fourth-order valence-corrected chi connectivity index (χ4v) is 3.28. The third-order valence-corrected chi connectivity index (χ3v) is 4.95. The van der Waals surface area contributed by atoms with Gasteiger partial charge in [0, 0.05) is 12.6 Å². The van der Waals surface area contributed by atoms with Crippen LogP contribution in [0, 0.1) is 0 Å². The Morgan fingerprint density at radius 2 is 1.13 bits per heavy atom. The van der Waals surface area contributed by atoms with Crippen molar-refractivity contribution in [2.24, 2.45) is 5.73 Å². The van der Waals surface area contributed by atoms with Crippen molar-refractivity contribution in [1.29, 1.82) is 0 Å². The van der Waals surface area contributed by atoms with Crippen molar-refractivity contribution in [3.63, 3.8) is 0 Å². The summed E-state index contributed by atoms with van der Waals surface area (Å²) in [5.41, 5.74) is 5.72. The van der Waals surface area contributed by atoms with E-state index in [1.807, 2.05) is 19.0 Å². The molecule has 0 aliphatic carbocycles. The topological polar surface area (TPSA) is 49.5 Å². The number of hydrogen-bond acceptors (Lipinski definition) is 3. The lowest BCUT2D eigenvalue weighted by Crippen LogP contribution is -2.44. The van der Waals surface area contributed by atoms with Crippen molar-refractivity contribution < 1.29 is 5.11 Å². The van der Waals surface area contributed by atoms with E-state index < -0.39 is 0 Å². The summed E-state index contributed by atoms with van der Waals surface area (Å²) in [7, 11) is 3.98. The van der Waals surface area contributed by atoms with Crippen LogP contribution in [0.1, 0.15) is 96.8 Å². The molecule has 0 rings (SSSR count). The van der Waals surface area contributed by atoms with E-state index in [-0.39, 0.29) is 12.1 Å². The Bertz CT molecular complexity index is 234. The van der Waals surface area contributed by atoms with Crippen LogP contribution in [-0.4, -0.2) is 42.8 Å². The Kier molecular flexibility index (Phi) is 16.6. The van der Waals surface area contributed by atoms with Gasteiger partial charge in [-0.2, -0.15) is 0 Å². The maximum atomic E-state index is 10.1. The first-order chi connectivity index (χ1) is 11.1. The van der Waals surface area contributed by atoms with E-state index in [0.29, 0.717) is 6.54 Å². The monoisotopic (exact) mass is 328 g/mol. The molecule has 3 nitrogen and oxygen atoms in total. The maximum absolute atomic E-state index is 10.1. The highest BCUT2D eigenvalue weighted by atomic mass is 16.3. The molecule has 0 saturated heterocycles. The molecule has 3 heteroatoms. The molecule has 0 fully saturated rings. The summed E-state index contributed by atoms with van der Waals surface area (Å²) in [6.45, 7) is 2.81. The Morgan fingerprint density at radius 3 is 1.48 bits per heavy atom. The summed E-state index contributed by atoms with van der Waals surface area (Å²) in [5.74, 6) is 0. The number of aliphatic hydroxyl groups excluding tert-OH is 1. The SMILES string of the molecule is CCCCCCCCCCCCCCC[C@H](O)[C@H](CN)N(C)C. The predicted octanol–water partition coefficient (Wildman–Crippen LogP) is 4.72. The number of nitrogens with zero attached hydrogens (tertiary/aromatic N) is 1. The van der Waals surface area contributed by atoms with E-state index in [4.69, 9.17) is 5.73 Å². The van der Waals surface area contributed by atoms with Crippen LogP contribution in [0.15, 0.2) is 0 Å². The fourth-order valence-electron chi connectivity index (χ4n) is 3.28. The van der Waals surface area contributed by atoms with Crippen LogP contribution in [0.4, 0.5) is 0 Å². The minimum absolute atomic E-state index is 0.104. The Hall–Kier alpha value is -0.120. The molecule has 0 aliphatic rings. The van der Waals surface area contributed by atoms with Gasteiger partial charge in [0.25, 0.3) is 0 Å². The highest BCUT2D eigenvalue weighted by molar-refractivity contribution is 4.76. The average Bonchev–Trinajstić information content (AvgIpc) is 2.52. The van der Waals surface area contributed by atoms with E-state index in [1.165, 1.54) is 77.0 Å². The summed E-state index contributed by atoms with van der Waals surface area (Å²) in [6.07, 6.45) is 18.4. The van der Waals surface area contributed by atoms with Crippen molar-refractivity contribution in [3.05, 3.63) is 0 Å². The minimum atomic E-state index is -0.275. The third kappa shape index (κ3) is 14.0. The lowest BCUT2D eigenvalue weighted by molar-refractivity contribution is 0.0712. The summed E-state index contributed by atoms with van der Waals surface area (Å²) in [5, 5.41) is 10.1. The zero-order valence-electron chi connectivity index (χ0n) is 16.2. The average molecular weight is 329 g/mol. The smallest absolute Gasteiger partial charge is 0.0707 e. The number of rotatable bonds is 17. The van der Waals surface area contributed by atoms with E-state index >= 15 is 0 Å². The van der Waals surface area contributed by atoms with Crippen LogP contribution in [0.2, 0.25) is 0 Å². The van der Waals surface area contributed by atoms with Crippen LogP contribution < -0.4 is 5.73 Å². The molecule has 0 radical (unpaired) electrons. The van der Waals surface area contributed by atoms with E-state index in [2.05, 4.69) is 6.92 Å². The van der Waals surface area contributed by atoms with Gasteiger partial charge < -0.3 is 15.7 Å². The van der Waals surface area contributed by atoms with Crippen LogP contribution in [0.3, 0.4) is 0 Å². The van der Waals surface area contributed by atoms with Crippen molar-refractivity contribution in [2.75, 3.05) is 20.6 Å². The second-order valence-electron chi connectivity index (χ2n) is 7.37. The number of likely N-dealkylation sites (N-methyl/N-ethyl adjacent to an activating group) is 1. The molecule has 3 N–H and O–H groups in total. The van der Waals surface area contributed by atoms with Crippen LogP contribution in [0.5, 0.6) is 0 Å². The Morgan fingerprint density at radius 1 is 0.739 bits per heavy atom. The molecule has 0 aromatic carbocycles. The Balaban J connectivity index is 3.27. The molecule has 0 spiro atoms. The van der Waals surface area contributed by atoms with Crippen molar-refractivity contribution in [3.8, 4) is 0 Å². The van der Waals surface area contributed by atoms with Crippen LogP contribution in [0.25, 0.3) is 0 Å². The summed E-state index contributed by atoms with van der Waals surface area (Å²) < 4.78 is 0. The standard InChI is InChI=1S/C20H44N2O/c1-4-5-6-7-8-9-10-11-12-13-14-15-16-17-20(23)19(18-21)22(2)3/h19-20,23H,4-18,21H2,1-3H3/t19-,20-/m0/s1. The van der Waals surface area contributed by atoms with Gasteiger partial charge in [-0.3, -0.25) is 0 Å². The summed E-state index contributed by atoms with van der Waals surface area (Å²) in [4.78, 5) is 2.03. The number of nitrogens with two attached hydrogens (primary N) is 1. The van der Waals surface area contributed by atoms with E-state index in [1.54, 1.807) is 0 Å². The van der Waals surface area contributed by atoms with E-state index in [9.17, 15) is 5.11 Å². The Labute approximate surface area is 146 Å². The molecule has 0 saturated carbocycles. The first kappa shape index (κ1) is 22.9. The first-order valence-electron chi connectivity index (χ1n) is 10.2. The predicted molar refractivity (Wildman–Crippen MR) is 103 cm³/mol. The van der Waals surface area contributed by atoms with Crippen molar-refractivity contribution >= 4 is 0 Å². The molecule has 140 valence electrons. The quantitative estimate of drug-likeness (QED) is 0.380. The molecule has 0 aromatic heterocycles. The minimum Gasteiger partial charge on any atom is -0.391 e. The molecule has 0 aliphatic heterocycles. The van der Waals surface area contributed by atoms with Crippen molar-refractivity contribution in [2.45, 2.75) is 109 Å². The molecule has 0 heterocycles. The third-order valence-electron chi connectivity index (χ3n) is 4.95. The van der Waals surface area contributed by atoms with Gasteiger partial charge in [0.1, 0.15) is 0 Å². The maximum Gasteiger partial charge on any atom is 0.0707 e. The lowest BCUT2D eigenvalue weighted by Gasteiger charge is -2.27. The fraction of sp³-hybridized carbons (Fsp3) is 1.00. The summed E-state index contributed by atoms with van der Waals surface area (Å²) >= 11 is 0. The molecular weight excluding hydrogens is 284 g/mol. The lowest BCUT2D eigenvalue weighted by atomic mass is 10.0. The second kappa shape index (κ2) is 16.7. The zero-order chi connectivity index (χ0) is 17.3. The normalized spacial score (nSPS) is 14.3. The van der Waals surface area contributed by atoms with Gasteiger partial charge in [-0.25, -0.2) is 0 Å². The van der Waals surface area contributed by atoms with Crippen LogP contribution >= 0.6 is 0 Å². The number of unbranched alkanes of at least 4 members (excludes halogenated alkanes) is 12. The molecule has 0 bridgehead atoms. The van der Waals surface area contributed by atoms with Gasteiger partial charge >= 0.3 is 0 Å². The molecule has 0 unspecified atom stereocenters. The van der Waals surface area contributed by atoms with Gasteiger partial charge in [-0.15, -0.1) is 0 Å². The van der Waals surface area contributed by atoms with Gasteiger partial charge in [0.05, 0.1) is 6.10 Å². The molecule has 0 amide bonds. The van der Waals surface area contributed by atoms with Crippen LogP contribution in [-0.2, 0) is 0 Å².